The molecule has 0 atom stereocenters. The normalized spacial score (nSPS) is 16.0. The average molecular weight is 420 g/mol. The number of piperidine rings is 1. The van der Waals surface area contributed by atoms with Crippen molar-refractivity contribution in [3.63, 3.8) is 0 Å². The lowest BCUT2D eigenvalue weighted by molar-refractivity contribution is -0.126. The molecule has 1 saturated heterocycles. The number of hydrazone groups is 1. The van der Waals surface area contributed by atoms with Gasteiger partial charge in [0, 0.05) is 17.5 Å². The predicted octanol–water partition coefficient (Wildman–Crippen LogP) is 5.25. The number of hydrogen-bond acceptors (Lipinski definition) is 3. The maximum absolute atomic E-state index is 12.6. The average Bonchev–Trinajstić information content (AvgIpc) is 2.79. The second-order valence-corrected chi connectivity index (χ2v) is 8.35. The highest BCUT2D eigenvalue weighted by Gasteiger charge is 2.24. The molecule has 1 aliphatic rings. The molecule has 5 heteroatoms. The summed E-state index contributed by atoms with van der Waals surface area (Å²) < 4.78 is 0. The maximum Gasteiger partial charge on any atom is 0.243 e. The molecule has 4 rings (SSSR count). The summed E-state index contributed by atoms with van der Waals surface area (Å²) in [6.07, 6.45) is 1.70. The number of hydrogen-bond donors (Lipinski definition) is 1. The van der Waals surface area contributed by atoms with Crippen LogP contribution in [0.25, 0.3) is 10.8 Å². The molecule has 1 fully saturated rings. The number of fused-ring (bicyclic) bond motifs is 1. The molecule has 3 aromatic rings. The summed E-state index contributed by atoms with van der Waals surface area (Å²) in [4.78, 5) is 15.0. The number of carbonyl (C=O) groups excluding carboxylic acids is 1. The van der Waals surface area contributed by atoms with E-state index in [1.165, 1.54) is 16.3 Å². The van der Waals surface area contributed by atoms with Gasteiger partial charge in [0.1, 0.15) is 0 Å². The minimum Gasteiger partial charge on any atom is -0.299 e. The lowest BCUT2D eigenvalue weighted by Crippen LogP contribution is -2.39. The summed E-state index contributed by atoms with van der Waals surface area (Å²) in [7, 11) is 0. The van der Waals surface area contributed by atoms with Crippen LogP contribution < -0.4 is 5.43 Å². The number of amides is 1. The van der Waals surface area contributed by atoms with Gasteiger partial charge in [0.05, 0.1) is 5.71 Å². The van der Waals surface area contributed by atoms with Crippen molar-refractivity contribution in [2.75, 3.05) is 13.1 Å². The van der Waals surface area contributed by atoms with E-state index in [1.54, 1.807) is 0 Å². The Morgan fingerprint density at radius 1 is 1.03 bits per heavy atom. The highest BCUT2D eigenvalue weighted by molar-refractivity contribution is 6.30. The Kier molecular flexibility index (Phi) is 6.46. The van der Waals surface area contributed by atoms with Gasteiger partial charge in [-0.3, -0.25) is 9.69 Å². The summed E-state index contributed by atoms with van der Waals surface area (Å²) in [6.45, 7) is 4.64. The number of nitrogens with zero attached hydrogens (tertiary/aromatic N) is 2. The third-order valence-corrected chi connectivity index (χ3v) is 6.03. The Hall–Kier alpha value is -2.69. The zero-order valence-electron chi connectivity index (χ0n) is 17.1. The minimum atomic E-state index is 0.0135. The lowest BCUT2D eigenvalue weighted by Gasteiger charge is -2.30. The van der Waals surface area contributed by atoms with Crippen LogP contribution in [0.15, 0.2) is 71.8 Å². The van der Waals surface area contributed by atoms with Gasteiger partial charge in [-0.25, -0.2) is 5.43 Å². The number of likely N-dealkylation sites (tertiary alicyclic amines) is 1. The summed E-state index contributed by atoms with van der Waals surface area (Å²) in [5.74, 6) is 0.0286. The predicted molar refractivity (Wildman–Crippen MR) is 124 cm³/mol. The third kappa shape index (κ3) is 5.07. The van der Waals surface area contributed by atoms with Crippen LogP contribution in [-0.4, -0.2) is 29.6 Å². The molecule has 0 bridgehead atoms. The van der Waals surface area contributed by atoms with E-state index in [9.17, 15) is 4.79 Å². The van der Waals surface area contributed by atoms with Crippen molar-refractivity contribution in [3.05, 3.63) is 82.9 Å². The molecule has 1 N–H and O–H groups in total. The first kappa shape index (κ1) is 20.6. The Morgan fingerprint density at radius 3 is 2.47 bits per heavy atom. The number of nitrogens with one attached hydrogen (secondary N) is 1. The third-order valence-electron chi connectivity index (χ3n) is 5.78. The van der Waals surface area contributed by atoms with E-state index >= 15 is 0 Å². The van der Waals surface area contributed by atoms with Crippen molar-refractivity contribution in [3.8, 4) is 0 Å². The highest BCUT2D eigenvalue weighted by Crippen LogP contribution is 2.20. The van der Waals surface area contributed by atoms with Crippen LogP contribution in [0.2, 0.25) is 5.02 Å². The van der Waals surface area contributed by atoms with Gasteiger partial charge in [0.15, 0.2) is 0 Å². The lowest BCUT2D eigenvalue weighted by atomic mass is 9.96. The van der Waals surface area contributed by atoms with Crippen molar-refractivity contribution in [1.82, 2.24) is 10.3 Å². The molecule has 0 radical (unpaired) electrons. The molecule has 1 aliphatic heterocycles. The SMILES string of the molecule is CC(=NNC(=O)C1CCN(Cc2ccc(Cl)cc2)CC1)c1ccc2ccccc2c1. The molecule has 0 unspecified atom stereocenters. The van der Waals surface area contributed by atoms with E-state index in [-0.39, 0.29) is 11.8 Å². The van der Waals surface area contributed by atoms with Crippen LogP contribution in [0.5, 0.6) is 0 Å². The number of halogens is 1. The first-order valence-electron chi connectivity index (χ1n) is 10.4. The van der Waals surface area contributed by atoms with E-state index in [2.05, 4.69) is 51.8 Å². The molecule has 0 aromatic heterocycles. The van der Waals surface area contributed by atoms with Gasteiger partial charge in [0.2, 0.25) is 5.91 Å². The van der Waals surface area contributed by atoms with Gasteiger partial charge in [-0.1, -0.05) is 60.1 Å². The monoisotopic (exact) mass is 419 g/mol. The number of benzene rings is 3. The Balaban J connectivity index is 1.30. The molecule has 3 aromatic carbocycles. The minimum absolute atomic E-state index is 0.0135. The topological polar surface area (TPSA) is 44.7 Å². The molecule has 154 valence electrons. The molecule has 0 saturated carbocycles. The van der Waals surface area contributed by atoms with Crippen LogP contribution >= 0.6 is 11.6 Å². The van der Waals surface area contributed by atoms with Gasteiger partial charge in [0.25, 0.3) is 0 Å². The summed E-state index contributed by atoms with van der Waals surface area (Å²) in [5, 5.41) is 7.49. The van der Waals surface area contributed by atoms with Crippen molar-refractivity contribution in [2.24, 2.45) is 11.0 Å². The van der Waals surface area contributed by atoms with Gasteiger partial charge in [-0.05, 0) is 73.0 Å². The van der Waals surface area contributed by atoms with Crippen LogP contribution in [0.1, 0.15) is 30.9 Å². The maximum atomic E-state index is 12.6. The number of rotatable bonds is 5. The molecular weight excluding hydrogens is 394 g/mol. The number of carbonyl (C=O) groups is 1. The first-order chi connectivity index (χ1) is 14.6. The fourth-order valence-electron chi connectivity index (χ4n) is 3.91. The first-order valence-corrected chi connectivity index (χ1v) is 10.8. The fourth-order valence-corrected chi connectivity index (χ4v) is 4.04. The second-order valence-electron chi connectivity index (χ2n) is 7.91. The quantitative estimate of drug-likeness (QED) is 0.453. The van der Waals surface area contributed by atoms with Gasteiger partial charge >= 0.3 is 0 Å². The molecular formula is C25H26ClN3O. The molecule has 0 aliphatic carbocycles. The summed E-state index contributed by atoms with van der Waals surface area (Å²) >= 11 is 5.96. The summed E-state index contributed by atoms with van der Waals surface area (Å²) in [5.41, 5.74) is 5.87. The van der Waals surface area contributed by atoms with Gasteiger partial charge in [-0.15, -0.1) is 0 Å². The van der Waals surface area contributed by atoms with E-state index in [0.29, 0.717) is 0 Å². The van der Waals surface area contributed by atoms with Crippen LogP contribution in [0.3, 0.4) is 0 Å². The smallest absolute Gasteiger partial charge is 0.243 e. The Morgan fingerprint density at radius 2 is 1.73 bits per heavy atom. The van der Waals surface area contributed by atoms with Crippen molar-refractivity contribution >= 4 is 34.0 Å². The Labute approximate surface area is 182 Å². The van der Waals surface area contributed by atoms with Crippen molar-refractivity contribution < 1.29 is 4.79 Å². The Bertz CT molecular complexity index is 1050. The van der Waals surface area contributed by atoms with Crippen LogP contribution in [0, 0.1) is 5.92 Å². The van der Waals surface area contributed by atoms with Crippen molar-refractivity contribution in [2.45, 2.75) is 26.3 Å². The van der Waals surface area contributed by atoms with Crippen molar-refractivity contribution in [1.29, 1.82) is 0 Å². The van der Waals surface area contributed by atoms with Crippen LogP contribution in [0.4, 0.5) is 0 Å². The zero-order valence-corrected chi connectivity index (χ0v) is 17.9. The van der Waals surface area contributed by atoms with Gasteiger partial charge < -0.3 is 0 Å². The molecule has 1 heterocycles. The molecule has 0 spiro atoms. The van der Waals surface area contributed by atoms with E-state index in [1.807, 2.05) is 37.3 Å². The summed E-state index contributed by atoms with van der Waals surface area (Å²) in [6, 6.07) is 22.4. The van der Waals surface area contributed by atoms with E-state index in [0.717, 1.165) is 48.8 Å². The molecule has 4 nitrogen and oxygen atoms in total. The zero-order chi connectivity index (χ0) is 20.9. The molecule has 1 amide bonds. The largest absolute Gasteiger partial charge is 0.299 e. The van der Waals surface area contributed by atoms with Gasteiger partial charge in [-0.2, -0.15) is 5.10 Å². The van der Waals surface area contributed by atoms with E-state index in [4.69, 9.17) is 11.6 Å². The van der Waals surface area contributed by atoms with E-state index < -0.39 is 0 Å². The highest BCUT2D eigenvalue weighted by atomic mass is 35.5. The molecule has 30 heavy (non-hydrogen) atoms. The van der Waals surface area contributed by atoms with Crippen LogP contribution in [-0.2, 0) is 11.3 Å². The standard InChI is InChI=1S/C25H26ClN3O/c1-18(22-9-8-20-4-2-3-5-23(20)16-22)27-28-25(30)21-12-14-29(15-13-21)17-19-6-10-24(26)11-7-19/h2-11,16,21H,12-15,17H2,1H3,(H,28,30). The fraction of sp³-hybridized carbons (Fsp3) is 0.280. The second kappa shape index (κ2) is 9.41.